The monoisotopic (exact) mass is 339 g/mol. The minimum atomic E-state index is -1.29. The molecule has 0 saturated carbocycles. The van der Waals surface area contributed by atoms with Crippen molar-refractivity contribution in [1.82, 2.24) is 15.3 Å². The van der Waals surface area contributed by atoms with Gasteiger partial charge in [-0.15, -0.1) is 0 Å². The Kier molecular flexibility index (Phi) is 4.31. The van der Waals surface area contributed by atoms with Gasteiger partial charge in [-0.25, -0.2) is 18.2 Å². The zero-order valence-electron chi connectivity index (χ0n) is 13.0. The highest BCUT2D eigenvalue weighted by Gasteiger charge is 2.40. The number of halogens is 3. The summed E-state index contributed by atoms with van der Waals surface area (Å²) in [6.45, 7) is 2.50. The number of ether oxygens (including phenoxy) is 1. The topological polar surface area (TPSA) is 67.0 Å². The molecule has 5 nitrogen and oxygen atoms in total. The minimum Gasteiger partial charge on any atom is -0.378 e. The number of aromatic nitrogens is 2. The lowest BCUT2D eigenvalue weighted by molar-refractivity contribution is -0.122. The van der Waals surface area contributed by atoms with Gasteiger partial charge in [0.05, 0.1) is 13.0 Å². The van der Waals surface area contributed by atoms with Crippen molar-refractivity contribution in [2.45, 2.75) is 25.3 Å². The number of H-pyrrole nitrogens is 1. The second kappa shape index (κ2) is 6.27. The molecule has 8 heteroatoms. The van der Waals surface area contributed by atoms with E-state index in [2.05, 4.69) is 15.3 Å². The van der Waals surface area contributed by atoms with Crippen molar-refractivity contribution >= 4 is 5.91 Å². The molecule has 3 rings (SSSR count). The van der Waals surface area contributed by atoms with Crippen LogP contribution in [0.2, 0.25) is 0 Å². The van der Waals surface area contributed by atoms with E-state index in [0.717, 1.165) is 5.69 Å². The van der Waals surface area contributed by atoms with Crippen LogP contribution in [0.4, 0.5) is 13.2 Å². The predicted molar refractivity (Wildman–Crippen MR) is 78.6 cm³/mol. The number of hydrogen-bond donors (Lipinski definition) is 2. The number of hydrogen-bond acceptors (Lipinski definition) is 3. The maximum absolute atomic E-state index is 13.7. The van der Waals surface area contributed by atoms with Crippen LogP contribution in [0.15, 0.2) is 18.3 Å². The lowest BCUT2D eigenvalue weighted by Crippen LogP contribution is -2.48. The summed E-state index contributed by atoms with van der Waals surface area (Å²) < 4.78 is 45.3. The Hall–Kier alpha value is -2.35. The van der Waals surface area contributed by atoms with Gasteiger partial charge in [0.15, 0.2) is 11.6 Å². The Morgan fingerprint density at radius 3 is 2.71 bits per heavy atom. The second-order valence-electron chi connectivity index (χ2n) is 5.88. The third-order valence-corrected chi connectivity index (χ3v) is 4.00. The first-order valence-electron chi connectivity index (χ1n) is 7.44. The van der Waals surface area contributed by atoms with E-state index in [4.69, 9.17) is 4.74 Å². The molecule has 2 N–H and O–H groups in total. The van der Waals surface area contributed by atoms with E-state index >= 15 is 0 Å². The molecule has 1 amide bonds. The summed E-state index contributed by atoms with van der Waals surface area (Å²) >= 11 is 0. The molecule has 2 aromatic rings. The smallest absolute Gasteiger partial charge is 0.225 e. The summed E-state index contributed by atoms with van der Waals surface area (Å²) in [6, 6.07) is 1.13. The molecule has 1 aliphatic heterocycles. The SMILES string of the molecule is Cc1cnc(C2(NC(=O)Cc3cc(F)c(F)cc3F)CCOC2)[nH]1. The summed E-state index contributed by atoms with van der Waals surface area (Å²) in [6.07, 6.45) is 1.73. The number of rotatable bonds is 4. The Morgan fingerprint density at radius 2 is 2.08 bits per heavy atom. The number of aryl methyl sites for hydroxylation is 1. The normalized spacial score (nSPS) is 20.3. The van der Waals surface area contributed by atoms with E-state index in [1.54, 1.807) is 6.20 Å². The molecule has 1 saturated heterocycles. The fraction of sp³-hybridized carbons (Fsp3) is 0.375. The predicted octanol–water partition coefficient (Wildman–Crippen LogP) is 2.11. The van der Waals surface area contributed by atoms with E-state index in [1.165, 1.54) is 0 Å². The lowest BCUT2D eigenvalue weighted by Gasteiger charge is -2.26. The molecule has 24 heavy (non-hydrogen) atoms. The van der Waals surface area contributed by atoms with E-state index < -0.39 is 35.3 Å². The average molecular weight is 339 g/mol. The summed E-state index contributed by atoms with van der Waals surface area (Å²) in [7, 11) is 0. The summed E-state index contributed by atoms with van der Waals surface area (Å²) in [5.74, 6) is -3.42. The van der Waals surface area contributed by atoms with Crippen molar-refractivity contribution in [2.75, 3.05) is 13.2 Å². The molecule has 0 aliphatic carbocycles. The van der Waals surface area contributed by atoms with Crippen LogP contribution in [0, 0.1) is 24.4 Å². The molecule has 1 atom stereocenters. The van der Waals surface area contributed by atoms with Gasteiger partial charge in [0.2, 0.25) is 5.91 Å². The van der Waals surface area contributed by atoms with E-state index in [-0.39, 0.29) is 12.2 Å². The van der Waals surface area contributed by atoms with Crippen LogP contribution >= 0.6 is 0 Å². The van der Waals surface area contributed by atoms with Crippen molar-refractivity contribution in [2.24, 2.45) is 0 Å². The van der Waals surface area contributed by atoms with Gasteiger partial charge in [-0.3, -0.25) is 4.79 Å². The molecule has 128 valence electrons. The van der Waals surface area contributed by atoms with Gasteiger partial charge in [0.25, 0.3) is 0 Å². The number of carbonyl (C=O) groups excluding carboxylic acids is 1. The minimum absolute atomic E-state index is 0.212. The third kappa shape index (κ3) is 3.14. The first-order valence-corrected chi connectivity index (χ1v) is 7.44. The molecule has 1 aromatic heterocycles. The first-order chi connectivity index (χ1) is 11.4. The number of amides is 1. The maximum Gasteiger partial charge on any atom is 0.225 e. The van der Waals surface area contributed by atoms with E-state index in [1.807, 2.05) is 6.92 Å². The van der Waals surface area contributed by atoms with Gasteiger partial charge >= 0.3 is 0 Å². The number of imidazole rings is 1. The Bertz CT molecular complexity index is 770. The highest BCUT2D eigenvalue weighted by molar-refractivity contribution is 5.79. The van der Waals surface area contributed by atoms with E-state index in [0.29, 0.717) is 31.0 Å². The van der Waals surface area contributed by atoms with Crippen molar-refractivity contribution < 1.29 is 22.7 Å². The van der Waals surface area contributed by atoms with Crippen LogP contribution in [-0.4, -0.2) is 29.1 Å². The highest BCUT2D eigenvalue weighted by Crippen LogP contribution is 2.28. The van der Waals surface area contributed by atoms with Crippen LogP contribution in [0.1, 0.15) is 23.5 Å². The number of nitrogens with one attached hydrogen (secondary N) is 2. The van der Waals surface area contributed by atoms with Crippen LogP contribution in [-0.2, 0) is 21.5 Å². The number of nitrogens with zero attached hydrogens (tertiary/aromatic N) is 1. The summed E-state index contributed by atoms with van der Waals surface area (Å²) in [4.78, 5) is 19.6. The number of aromatic amines is 1. The molecule has 2 heterocycles. The van der Waals surface area contributed by atoms with Crippen LogP contribution in [0.3, 0.4) is 0 Å². The Morgan fingerprint density at radius 1 is 1.33 bits per heavy atom. The quantitative estimate of drug-likeness (QED) is 0.839. The molecule has 1 fully saturated rings. The highest BCUT2D eigenvalue weighted by atomic mass is 19.2. The lowest BCUT2D eigenvalue weighted by atomic mass is 9.97. The molecule has 1 unspecified atom stereocenters. The second-order valence-corrected chi connectivity index (χ2v) is 5.88. The van der Waals surface area contributed by atoms with Crippen molar-refractivity contribution in [3.63, 3.8) is 0 Å². The van der Waals surface area contributed by atoms with Gasteiger partial charge in [-0.05, 0) is 13.0 Å². The third-order valence-electron chi connectivity index (χ3n) is 4.00. The zero-order valence-corrected chi connectivity index (χ0v) is 13.0. The number of carbonyl (C=O) groups is 1. The van der Waals surface area contributed by atoms with Gasteiger partial charge in [0, 0.05) is 36.5 Å². The van der Waals surface area contributed by atoms with Gasteiger partial charge in [0.1, 0.15) is 17.2 Å². The Labute approximate surface area is 136 Å². The molecule has 0 spiro atoms. The largest absolute Gasteiger partial charge is 0.378 e. The number of benzene rings is 1. The standard InChI is InChI=1S/C16H16F3N3O2/c1-9-7-20-15(21-9)16(2-3-24-8-16)22-14(23)5-10-4-12(18)13(19)6-11(10)17/h4,6-7H,2-3,5,8H2,1H3,(H,20,21)(H,22,23). The average Bonchev–Trinajstić information content (AvgIpc) is 3.14. The molecule has 1 aliphatic rings. The van der Waals surface area contributed by atoms with E-state index in [9.17, 15) is 18.0 Å². The van der Waals surface area contributed by atoms with Crippen molar-refractivity contribution in [3.05, 3.63) is 52.9 Å². The molecular formula is C16H16F3N3O2. The molecular weight excluding hydrogens is 323 g/mol. The first kappa shape index (κ1) is 16.5. The van der Waals surface area contributed by atoms with Gasteiger partial charge in [-0.2, -0.15) is 0 Å². The zero-order chi connectivity index (χ0) is 17.3. The van der Waals surface area contributed by atoms with Crippen molar-refractivity contribution in [1.29, 1.82) is 0 Å². The van der Waals surface area contributed by atoms with Crippen LogP contribution < -0.4 is 5.32 Å². The van der Waals surface area contributed by atoms with Crippen LogP contribution in [0.5, 0.6) is 0 Å². The van der Waals surface area contributed by atoms with Crippen LogP contribution in [0.25, 0.3) is 0 Å². The fourth-order valence-electron chi connectivity index (χ4n) is 2.75. The molecule has 0 bridgehead atoms. The Balaban J connectivity index is 1.79. The summed E-state index contributed by atoms with van der Waals surface area (Å²) in [5, 5.41) is 2.79. The molecule has 0 radical (unpaired) electrons. The van der Waals surface area contributed by atoms with Gasteiger partial charge < -0.3 is 15.0 Å². The maximum atomic E-state index is 13.7. The van der Waals surface area contributed by atoms with Gasteiger partial charge in [-0.1, -0.05) is 0 Å². The molecule has 1 aromatic carbocycles. The summed E-state index contributed by atoms with van der Waals surface area (Å²) in [5.41, 5.74) is -0.214. The van der Waals surface area contributed by atoms with Crippen molar-refractivity contribution in [3.8, 4) is 0 Å². The fourth-order valence-corrected chi connectivity index (χ4v) is 2.75.